The summed E-state index contributed by atoms with van der Waals surface area (Å²) in [6.45, 7) is 3.85. The molecule has 3 rings (SSSR count). The van der Waals surface area contributed by atoms with E-state index in [2.05, 4.69) is 41.6 Å². The van der Waals surface area contributed by atoms with Gasteiger partial charge in [-0.15, -0.1) is 11.3 Å². The first-order valence-corrected chi connectivity index (χ1v) is 7.95. The van der Waals surface area contributed by atoms with E-state index in [0.29, 0.717) is 5.92 Å². The number of rotatable bonds is 5. The summed E-state index contributed by atoms with van der Waals surface area (Å²) in [6.07, 6.45) is 1.19. The van der Waals surface area contributed by atoms with Crippen LogP contribution in [-0.2, 0) is 11.3 Å². The van der Waals surface area contributed by atoms with Crippen molar-refractivity contribution >= 4 is 11.3 Å². The first kappa shape index (κ1) is 13.7. The van der Waals surface area contributed by atoms with Crippen molar-refractivity contribution in [1.29, 1.82) is 0 Å². The molecule has 1 fully saturated rings. The normalized spacial score (nSPS) is 18.8. The van der Waals surface area contributed by atoms with E-state index in [1.165, 1.54) is 12.0 Å². The maximum absolute atomic E-state index is 5.43. The number of hydrogen-bond donors (Lipinski definition) is 0. The van der Waals surface area contributed by atoms with Crippen LogP contribution in [0.4, 0.5) is 0 Å². The Bertz CT molecular complexity index is 534. The fourth-order valence-electron chi connectivity index (χ4n) is 2.60. The van der Waals surface area contributed by atoms with Crippen molar-refractivity contribution in [3.05, 3.63) is 41.4 Å². The molecule has 1 aromatic carbocycles. The van der Waals surface area contributed by atoms with Gasteiger partial charge in [-0.3, -0.25) is 0 Å². The predicted molar refractivity (Wildman–Crippen MR) is 82.8 cm³/mol. The van der Waals surface area contributed by atoms with E-state index in [1.807, 2.05) is 6.07 Å². The van der Waals surface area contributed by atoms with Gasteiger partial charge in [-0.05, 0) is 19.4 Å². The van der Waals surface area contributed by atoms with Gasteiger partial charge >= 0.3 is 0 Å². The Labute approximate surface area is 124 Å². The number of thiazole rings is 1. The fraction of sp³-hybridized carbons (Fsp3) is 0.438. The second kappa shape index (κ2) is 6.48. The molecule has 0 amide bonds. The van der Waals surface area contributed by atoms with E-state index in [-0.39, 0.29) is 0 Å². The summed E-state index contributed by atoms with van der Waals surface area (Å²) in [5.74, 6) is 0.687. The van der Waals surface area contributed by atoms with E-state index < -0.39 is 0 Å². The molecule has 106 valence electrons. The molecule has 1 aliphatic heterocycles. The van der Waals surface area contributed by atoms with Gasteiger partial charge in [-0.2, -0.15) is 0 Å². The quantitative estimate of drug-likeness (QED) is 0.844. The Kier molecular flexibility index (Phi) is 4.45. The van der Waals surface area contributed by atoms with Gasteiger partial charge < -0.3 is 9.64 Å². The Hall–Kier alpha value is -1.23. The third-order valence-electron chi connectivity index (χ3n) is 3.60. The van der Waals surface area contributed by atoms with Crippen molar-refractivity contribution in [3.8, 4) is 10.6 Å². The van der Waals surface area contributed by atoms with Gasteiger partial charge in [0, 0.05) is 30.6 Å². The maximum atomic E-state index is 5.43. The van der Waals surface area contributed by atoms with Crippen LogP contribution < -0.4 is 0 Å². The fourth-order valence-corrected chi connectivity index (χ4v) is 3.42. The summed E-state index contributed by atoms with van der Waals surface area (Å²) < 4.78 is 5.43. The molecule has 1 unspecified atom stereocenters. The van der Waals surface area contributed by atoms with E-state index in [0.717, 1.165) is 37.0 Å². The van der Waals surface area contributed by atoms with Crippen molar-refractivity contribution in [3.63, 3.8) is 0 Å². The highest BCUT2D eigenvalue weighted by Gasteiger charge is 2.18. The highest BCUT2D eigenvalue weighted by atomic mass is 32.1. The molecular weight excluding hydrogens is 268 g/mol. The van der Waals surface area contributed by atoms with Gasteiger partial charge in [0.15, 0.2) is 0 Å². The summed E-state index contributed by atoms with van der Waals surface area (Å²) >= 11 is 1.72. The van der Waals surface area contributed by atoms with Gasteiger partial charge in [0.25, 0.3) is 0 Å². The monoisotopic (exact) mass is 288 g/mol. The lowest BCUT2D eigenvalue weighted by atomic mass is 10.1. The summed E-state index contributed by atoms with van der Waals surface area (Å²) in [7, 11) is 2.17. The zero-order chi connectivity index (χ0) is 13.8. The summed E-state index contributed by atoms with van der Waals surface area (Å²) in [5, 5.41) is 3.28. The highest BCUT2D eigenvalue weighted by molar-refractivity contribution is 7.13. The number of hydrogen-bond acceptors (Lipinski definition) is 4. The van der Waals surface area contributed by atoms with Crippen LogP contribution in [-0.4, -0.2) is 36.7 Å². The first-order valence-electron chi connectivity index (χ1n) is 7.07. The number of nitrogens with zero attached hydrogens (tertiary/aromatic N) is 2. The lowest BCUT2D eigenvalue weighted by Gasteiger charge is -2.18. The second-order valence-corrected chi connectivity index (χ2v) is 6.29. The molecule has 4 heteroatoms. The molecule has 0 radical (unpaired) electrons. The zero-order valence-electron chi connectivity index (χ0n) is 11.8. The third-order valence-corrected chi connectivity index (χ3v) is 4.54. The van der Waals surface area contributed by atoms with E-state index >= 15 is 0 Å². The largest absolute Gasteiger partial charge is 0.381 e. The molecule has 0 spiro atoms. The van der Waals surface area contributed by atoms with Crippen molar-refractivity contribution < 1.29 is 4.74 Å². The van der Waals surface area contributed by atoms with Gasteiger partial charge in [0.1, 0.15) is 5.01 Å². The third kappa shape index (κ3) is 3.45. The average molecular weight is 288 g/mol. The minimum absolute atomic E-state index is 0.687. The first-order chi connectivity index (χ1) is 9.81. The molecule has 1 aliphatic rings. The average Bonchev–Trinajstić information content (AvgIpc) is 3.11. The zero-order valence-corrected chi connectivity index (χ0v) is 12.6. The number of aromatic nitrogens is 1. The molecule has 1 atom stereocenters. The lowest BCUT2D eigenvalue weighted by Crippen LogP contribution is -2.25. The Morgan fingerprint density at radius 3 is 2.95 bits per heavy atom. The summed E-state index contributed by atoms with van der Waals surface area (Å²) in [6, 6.07) is 10.4. The van der Waals surface area contributed by atoms with Crippen molar-refractivity contribution in [2.24, 2.45) is 5.92 Å². The molecule has 2 aromatic rings. The van der Waals surface area contributed by atoms with Crippen molar-refractivity contribution in [2.75, 3.05) is 26.8 Å². The van der Waals surface area contributed by atoms with Crippen LogP contribution in [0, 0.1) is 5.92 Å². The Balaban J connectivity index is 1.59. The maximum Gasteiger partial charge on any atom is 0.123 e. The molecule has 0 saturated carbocycles. The van der Waals surface area contributed by atoms with Crippen molar-refractivity contribution in [2.45, 2.75) is 13.0 Å². The van der Waals surface area contributed by atoms with Gasteiger partial charge in [-0.1, -0.05) is 30.3 Å². The van der Waals surface area contributed by atoms with Gasteiger partial charge in [-0.25, -0.2) is 4.98 Å². The van der Waals surface area contributed by atoms with Crippen LogP contribution in [0.3, 0.4) is 0 Å². The second-order valence-electron chi connectivity index (χ2n) is 5.44. The van der Waals surface area contributed by atoms with E-state index in [4.69, 9.17) is 9.72 Å². The minimum atomic E-state index is 0.687. The SMILES string of the molecule is CN(Cc1csc(-c2ccccc2)n1)CC1CCOC1. The van der Waals surface area contributed by atoms with Crippen LogP contribution in [0.5, 0.6) is 0 Å². The molecule has 0 aliphatic carbocycles. The van der Waals surface area contributed by atoms with Crippen LogP contribution in [0.2, 0.25) is 0 Å². The van der Waals surface area contributed by atoms with Crippen LogP contribution in [0.25, 0.3) is 10.6 Å². The Morgan fingerprint density at radius 2 is 2.20 bits per heavy atom. The van der Waals surface area contributed by atoms with Gasteiger partial charge in [0.05, 0.1) is 12.3 Å². The standard InChI is InChI=1S/C16H20N2OS/c1-18(9-13-7-8-19-11-13)10-15-12-20-16(17-15)14-5-3-2-4-6-14/h2-6,12-13H,7-11H2,1H3. The van der Waals surface area contributed by atoms with Crippen molar-refractivity contribution in [1.82, 2.24) is 9.88 Å². The predicted octanol–water partition coefficient (Wildman–Crippen LogP) is 3.28. The number of ether oxygens (including phenoxy) is 1. The molecule has 3 nitrogen and oxygen atoms in total. The summed E-state index contributed by atoms with van der Waals surface area (Å²) in [4.78, 5) is 7.09. The van der Waals surface area contributed by atoms with E-state index in [1.54, 1.807) is 11.3 Å². The van der Waals surface area contributed by atoms with Crippen LogP contribution in [0.1, 0.15) is 12.1 Å². The molecule has 1 saturated heterocycles. The van der Waals surface area contributed by atoms with Crippen LogP contribution >= 0.6 is 11.3 Å². The molecule has 0 N–H and O–H groups in total. The Morgan fingerprint density at radius 1 is 1.35 bits per heavy atom. The molecule has 20 heavy (non-hydrogen) atoms. The highest BCUT2D eigenvalue weighted by Crippen LogP contribution is 2.24. The minimum Gasteiger partial charge on any atom is -0.381 e. The van der Waals surface area contributed by atoms with Gasteiger partial charge in [0.2, 0.25) is 0 Å². The molecular formula is C16H20N2OS. The molecule has 1 aromatic heterocycles. The smallest absolute Gasteiger partial charge is 0.123 e. The van der Waals surface area contributed by atoms with E-state index in [9.17, 15) is 0 Å². The summed E-state index contributed by atoms with van der Waals surface area (Å²) in [5.41, 5.74) is 2.37. The van der Waals surface area contributed by atoms with Crippen LogP contribution in [0.15, 0.2) is 35.7 Å². The molecule has 2 heterocycles. The lowest BCUT2D eigenvalue weighted by molar-refractivity contribution is 0.172. The number of benzene rings is 1. The molecule has 0 bridgehead atoms. The topological polar surface area (TPSA) is 25.4 Å².